The summed E-state index contributed by atoms with van der Waals surface area (Å²) in [6.45, 7) is 10.1. The molecule has 2 N–H and O–H groups in total. The van der Waals surface area contributed by atoms with Crippen LogP contribution in [-0.4, -0.2) is 73.6 Å². The van der Waals surface area contributed by atoms with E-state index in [1.165, 1.54) is 58.4 Å². The summed E-state index contributed by atoms with van der Waals surface area (Å²) in [6.07, 6.45) is 7.37. The van der Waals surface area contributed by atoms with E-state index in [9.17, 15) is 4.79 Å². The highest BCUT2D eigenvalue weighted by Gasteiger charge is 2.37. The largest absolute Gasteiger partial charge is 0.355 e. The number of hydrogen-bond donors (Lipinski definition) is 2. The number of fused-ring (bicyclic) bond motifs is 1. The van der Waals surface area contributed by atoms with Crippen LogP contribution in [0.3, 0.4) is 0 Å². The first-order chi connectivity index (χ1) is 11.3. The molecule has 1 aliphatic carbocycles. The lowest BCUT2D eigenvalue weighted by Crippen LogP contribution is -2.47. The van der Waals surface area contributed by atoms with Gasteiger partial charge in [-0.3, -0.25) is 4.79 Å². The van der Waals surface area contributed by atoms with Gasteiger partial charge >= 0.3 is 0 Å². The smallest absolute Gasteiger partial charge is 0.237 e. The van der Waals surface area contributed by atoms with Crippen molar-refractivity contribution in [2.24, 2.45) is 5.92 Å². The molecule has 2 aliphatic heterocycles. The normalized spacial score (nSPS) is 28.9. The lowest BCUT2D eigenvalue weighted by Gasteiger charge is -2.34. The zero-order valence-electron chi connectivity index (χ0n) is 16.0. The number of nitrogens with zero attached hydrogens (tertiary/aromatic N) is 2. The minimum Gasteiger partial charge on any atom is -0.355 e. The Kier molecular flexibility index (Phi) is 13.5. The third-order valence-corrected chi connectivity index (χ3v) is 6.04. The Balaban J connectivity index is 0.00000208. The van der Waals surface area contributed by atoms with E-state index in [4.69, 9.17) is 0 Å². The van der Waals surface area contributed by atoms with Crippen LogP contribution < -0.4 is 10.6 Å². The Morgan fingerprint density at radius 1 is 1.04 bits per heavy atom. The first kappa shape index (κ1) is 26.2. The van der Waals surface area contributed by atoms with Crippen molar-refractivity contribution in [3.8, 4) is 0 Å². The monoisotopic (exact) mass is 430 g/mol. The summed E-state index contributed by atoms with van der Waals surface area (Å²) in [6, 6.07) is 0.672. The van der Waals surface area contributed by atoms with E-state index in [2.05, 4.69) is 27.4 Å². The third kappa shape index (κ3) is 7.33. The molecule has 3 fully saturated rings. The van der Waals surface area contributed by atoms with Crippen LogP contribution in [0.1, 0.15) is 45.4 Å². The van der Waals surface area contributed by atoms with Gasteiger partial charge in [-0.2, -0.15) is 0 Å². The minimum absolute atomic E-state index is 0. The van der Waals surface area contributed by atoms with Crippen LogP contribution in [0.4, 0.5) is 0 Å². The second-order valence-electron chi connectivity index (χ2n) is 7.53. The van der Waals surface area contributed by atoms with E-state index in [0.717, 1.165) is 31.8 Å². The maximum absolute atomic E-state index is 12.3. The predicted molar refractivity (Wildman–Crippen MR) is 115 cm³/mol. The molecule has 0 spiro atoms. The molecular formula is C18H37Cl3N4O. The number of rotatable bonds is 6. The molecule has 3 unspecified atom stereocenters. The summed E-state index contributed by atoms with van der Waals surface area (Å²) in [4.78, 5) is 17.4. The highest BCUT2D eigenvalue weighted by atomic mass is 35.5. The molecular weight excluding hydrogens is 395 g/mol. The zero-order valence-corrected chi connectivity index (χ0v) is 18.4. The van der Waals surface area contributed by atoms with Gasteiger partial charge < -0.3 is 20.4 Å². The second kappa shape index (κ2) is 13.4. The van der Waals surface area contributed by atoms with Gasteiger partial charge in [0.05, 0.1) is 6.04 Å². The molecule has 0 radical (unpaired) electrons. The van der Waals surface area contributed by atoms with Crippen molar-refractivity contribution in [1.29, 1.82) is 0 Å². The number of amides is 1. The lowest BCUT2D eigenvalue weighted by molar-refractivity contribution is -0.122. The van der Waals surface area contributed by atoms with Crippen LogP contribution >= 0.6 is 37.2 Å². The summed E-state index contributed by atoms with van der Waals surface area (Å²) >= 11 is 0. The SMILES string of the molecule is CCN1CCN(CCCNC(=O)C2CC3CCCCC3N2)CC1.Cl.Cl.Cl. The maximum atomic E-state index is 12.3. The second-order valence-corrected chi connectivity index (χ2v) is 7.53. The molecule has 1 saturated carbocycles. The minimum atomic E-state index is 0. The predicted octanol–water partition coefficient (Wildman–Crippen LogP) is 2.32. The van der Waals surface area contributed by atoms with E-state index >= 15 is 0 Å². The van der Waals surface area contributed by atoms with Gasteiger partial charge in [0.25, 0.3) is 0 Å². The van der Waals surface area contributed by atoms with Crippen molar-refractivity contribution in [2.75, 3.05) is 45.8 Å². The summed E-state index contributed by atoms with van der Waals surface area (Å²) < 4.78 is 0. The Labute approximate surface area is 177 Å². The number of carbonyl (C=O) groups excluding carboxylic acids is 1. The molecule has 0 aromatic heterocycles. The fourth-order valence-corrected chi connectivity index (χ4v) is 4.49. The first-order valence-electron chi connectivity index (χ1n) is 9.74. The molecule has 5 nitrogen and oxygen atoms in total. The van der Waals surface area contributed by atoms with E-state index < -0.39 is 0 Å². The van der Waals surface area contributed by atoms with Gasteiger partial charge in [0, 0.05) is 38.8 Å². The molecule has 8 heteroatoms. The lowest BCUT2D eigenvalue weighted by atomic mass is 9.85. The average Bonchev–Trinajstić information content (AvgIpc) is 3.03. The van der Waals surface area contributed by atoms with Crippen LogP contribution in [0.25, 0.3) is 0 Å². The summed E-state index contributed by atoms with van der Waals surface area (Å²) in [5.74, 6) is 0.976. The molecule has 0 aromatic carbocycles. The van der Waals surface area contributed by atoms with Gasteiger partial charge in [0.1, 0.15) is 0 Å². The van der Waals surface area contributed by atoms with Gasteiger partial charge in [-0.15, -0.1) is 37.2 Å². The van der Waals surface area contributed by atoms with Gasteiger partial charge in [0.2, 0.25) is 5.91 Å². The van der Waals surface area contributed by atoms with E-state index in [1.807, 2.05) is 0 Å². The maximum Gasteiger partial charge on any atom is 0.237 e. The van der Waals surface area contributed by atoms with Crippen LogP contribution in [-0.2, 0) is 4.79 Å². The molecule has 26 heavy (non-hydrogen) atoms. The van der Waals surface area contributed by atoms with E-state index in [0.29, 0.717) is 6.04 Å². The Hall–Kier alpha value is 0.220. The Bertz CT molecular complexity index is 381. The van der Waals surface area contributed by atoms with Crippen molar-refractivity contribution in [3.63, 3.8) is 0 Å². The van der Waals surface area contributed by atoms with Crippen molar-refractivity contribution >= 4 is 43.1 Å². The van der Waals surface area contributed by atoms with Crippen molar-refractivity contribution in [3.05, 3.63) is 0 Å². The van der Waals surface area contributed by atoms with Crippen LogP contribution in [0.15, 0.2) is 0 Å². The first-order valence-corrected chi connectivity index (χ1v) is 9.74. The fraction of sp³-hybridized carbons (Fsp3) is 0.944. The van der Waals surface area contributed by atoms with Crippen molar-refractivity contribution in [1.82, 2.24) is 20.4 Å². The van der Waals surface area contributed by atoms with Gasteiger partial charge in [-0.05, 0) is 44.7 Å². The molecule has 3 aliphatic rings. The third-order valence-electron chi connectivity index (χ3n) is 6.04. The van der Waals surface area contributed by atoms with Crippen molar-refractivity contribution < 1.29 is 4.79 Å². The molecule has 3 rings (SSSR count). The molecule has 3 atom stereocenters. The topological polar surface area (TPSA) is 47.6 Å². The summed E-state index contributed by atoms with van der Waals surface area (Å²) in [5.41, 5.74) is 0. The van der Waals surface area contributed by atoms with E-state index in [-0.39, 0.29) is 49.2 Å². The standard InChI is InChI=1S/C18H34N4O.3ClH/c1-2-21-10-12-22(13-11-21)9-5-8-19-18(23)17-14-15-6-3-4-7-16(15)20-17;;;/h15-17,20H,2-14H2,1H3,(H,19,23);3*1H. The zero-order chi connectivity index (χ0) is 16.1. The van der Waals surface area contributed by atoms with Crippen LogP contribution in [0.2, 0.25) is 0 Å². The number of likely N-dealkylation sites (N-methyl/N-ethyl adjacent to an activating group) is 1. The molecule has 2 saturated heterocycles. The molecule has 0 bridgehead atoms. The Morgan fingerprint density at radius 3 is 2.35 bits per heavy atom. The summed E-state index contributed by atoms with van der Waals surface area (Å²) in [7, 11) is 0. The number of hydrogen-bond acceptors (Lipinski definition) is 4. The highest BCUT2D eigenvalue weighted by molar-refractivity contribution is 5.86. The number of piperazine rings is 1. The number of nitrogens with one attached hydrogen (secondary N) is 2. The van der Waals surface area contributed by atoms with Crippen LogP contribution in [0, 0.1) is 5.92 Å². The van der Waals surface area contributed by atoms with Gasteiger partial charge in [-0.1, -0.05) is 19.8 Å². The number of halogens is 3. The van der Waals surface area contributed by atoms with Crippen molar-refractivity contribution in [2.45, 2.75) is 57.5 Å². The molecule has 0 aromatic rings. The van der Waals surface area contributed by atoms with E-state index in [1.54, 1.807) is 0 Å². The average molecular weight is 432 g/mol. The highest BCUT2D eigenvalue weighted by Crippen LogP contribution is 2.33. The quantitative estimate of drug-likeness (QED) is 0.634. The molecule has 156 valence electrons. The fourth-order valence-electron chi connectivity index (χ4n) is 4.49. The van der Waals surface area contributed by atoms with Gasteiger partial charge in [-0.25, -0.2) is 0 Å². The summed E-state index contributed by atoms with van der Waals surface area (Å²) in [5, 5.41) is 6.72. The molecule has 2 heterocycles. The van der Waals surface area contributed by atoms with Crippen LogP contribution in [0.5, 0.6) is 0 Å². The molecule has 1 amide bonds. The number of carbonyl (C=O) groups is 1. The van der Waals surface area contributed by atoms with Gasteiger partial charge in [0.15, 0.2) is 0 Å². The Morgan fingerprint density at radius 2 is 1.69 bits per heavy atom.